The molecule has 1 aromatic rings. The molecule has 15 heavy (non-hydrogen) atoms. The van der Waals surface area contributed by atoms with Gasteiger partial charge < -0.3 is 10.6 Å². The fraction of sp³-hybridized carbons (Fsp3) is 0.417. The Labute approximate surface area is 89.9 Å². The fourth-order valence-electron chi connectivity index (χ4n) is 1.90. The molecule has 1 aliphatic heterocycles. The molecule has 2 rings (SSSR count). The zero-order chi connectivity index (χ0) is 10.7. The van der Waals surface area contributed by atoms with Gasteiger partial charge in [0.15, 0.2) is 0 Å². The molecule has 0 aromatic heterocycles. The maximum atomic E-state index is 11.5. The Balaban J connectivity index is 2.15. The number of hydrogen-bond acceptors (Lipinski definition) is 2. The lowest BCUT2D eigenvalue weighted by atomic mass is 10.1. The van der Waals surface area contributed by atoms with Crippen LogP contribution in [0.15, 0.2) is 18.2 Å². The third kappa shape index (κ3) is 2.12. The second-order valence-corrected chi connectivity index (χ2v) is 3.81. The van der Waals surface area contributed by atoms with Gasteiger partial charge in [0.05, 0.1) is 0 Å². The summed E-state index contributed by atoms with van der Waals surface area (Å²) < 4.78 is 0. The third-order valence-corrected chi connectivity index (χ3v) is 2.62. The van der Waals surface area contributed by atoms with E-state index >= 15 is 0 Å². The van der Waals surface area contributed by atoms with E-state index in [4.69, 9.17) is 0 Å². The summed E-state index contributed by atoms with van der Waals surface area (Å²) in [5.74, 6) is 0.109. The van der Waals surface area contributed by atoms with Crippen molar-refractivity contribution in [3.63, 3.8) is 0 Å². The predicted molar refractivity (Wildman–Crippen MR) is 62.2 cm³/mol. The van der Waals surface area contributed by atoms with Gasteiger partial charge in [-0.1, -0.05) is 13.0 Å². The molecule has 3 nitrogen and oxygen atoms in total. The largest absolute Gasteiger partial charge is 0.384 e. The van der Waals surface area contributed by atoms with Crippen LogP contribution < -0.4 is 10.6 Å². The number of anilines is 2. The average Bonchev–Trinajstić information content (AvgIpc) is 2.67. The van der Waals surface area contributed by atoms with Crippen LogP contribution in [0.1, 0.15) is 25.3 Å². The van der Waals surface area contributed by atoms with Gasteiger partial charge in [0, 0.05) is 29.9 Å². The van der Waals surface area contributed by atoms with E-state index in [9.17, 15) is 4.79 Å². The van der Waals surface area contributed by atoms with Gasteiger partial charge in [-0.05, 0) is 25.0 Å². The summed E-state index contributed by atoms with van der Waals surface area (Å²) in [5.41, 5.74) is 3.36. The first kappa shape index (κ1) is 10.0. The molecule has 1 aromatic carbocycles. The lowest BCUT2D eigenvalue weighted by Gasteiger charge is -2.09. The van der Waals surface area contributed by atoms with Crippen molar-refractivity contribution >= 4 is 17.3 Å². The van der Waals surface area contributed by atoms with Crippen LogP contribution >= 0.6 is 0 Å². The van der Waals surface area contributed by atoms with E-state index in [0.717, 1.165) is 30.8 Å². The molecule has 1 amide bonds. The molecule has 0 spiro atoms. The van der Waals surface area contributed by atoms with E-state index in [0.29, 0.717) is 6.42 Å². The summed E-state index contributed by atoms with van der Waals surface area (Å²) in [6.07, 6.45) is 2.48. The standard InChI is InChI=1S/C12H16N2O/c1-2-4-12(15)14-11-6-3-5-10-9(11)7-8-13-10/h3,5-6,13H,2,4,7-8H2,1H3,(H,14,15). The van der Waals surface area contributed by atoms with Gasteiger partial charge in [-0.25, -0.2) is 0 Å². The third-order valence-electron chi connectivity index (χ3n) is 2.62. The minimum atomic E-state index is 0.109. The molecular formula is C12H16N2O. The quantitative estimate of drug-likeness (QED) is 0.793. The normalized spacial score (nSPS) is 13.1. The molecule has 0 bridgehead atoms. The first-order chi connectivity index (χ1) is 7.31. The molecule has 0 saturated carbocycles. The first-order valence-corrected chi connectivity index (χ1v) is 5.47. The van der Waals surface area contributed by atoms with Crippen LogP contribution in [0, 0.1) is 0 Å². The van der Waals surface area contributed by atoms with Crippen molar-refractivity contribution in [3.8, 4) is 0 Å². The van der Waals surface area contributed by atoms with E-state index in [1.807, 2.05) is 19.1 Å². The predicted octanol–water partition coefficient (Wildman–Crippen LogP) is 2.39. The van der Waals surface area contributed by atoms with Crippen molar-refractivity contribution < 1.29 is 4.79 Å². The minimum Gasteiger partial charge on any atom is -0.384 e. The number of nitrogens with one attached hydrogen (secondary N) is 2. The lowest BCUT2D eigenvalue weighted by molar-refractivity contribution is -0.116. The van der Waals surface area contributed by atoms with Crippen molar-refractivity contribution in [1.29, 1.82) is 0 Å². The van der Waals surface area contributed by atoms with E-state index in [1.54, 1.807) is 0 Å². The molecule has 3 heteroatoms. The monoisotopic (exact) mass is 204 g/mol. The number of carbonyl (C=O) groups is 1. The zero-order valence-corrected chi connectivity index (χ0v) is 8.97. The van der Waals surface area contributed by atoms with Gasteiger partial charge in [-0.3, -0.25) is 4.79 Å². The van der Waals surface area contributed by atoms with Gasteiger partial charge >= 0.3 is 0 Å². The van der Waals surface area contributed by atoms with Crippen molar-refractivity contribution in [1.82, 2.24) is 0 Å². The summed E-state index contributed by atoms with van der Waals surface area (Å²) in [7, 11) is 0. The van der Waals surface area contributed by atoms with Crippen LogP contribution in [0.25, 0.3) is 0 Å². The molecule has 0 fully saturated rings. The molecule has 1 aliphatic rings. The Morgan fingerprint density at radius 2 is 2.40 bits per heavy atom. The second kappa shape index (κ2) is 4.34. The van der Waals surface area contributed by atoms with Crippen molar-refractivity contribution in [2.45, 2.75) is 26.2 Å². The number of hydrogen-bond donors (Lipinski definition) is 2. The smallest absolute Gasteiger partial charge is 0.224 e. The van der Waals surface area contributed by atoms with E-state index < -0.39 is 0 Å². The average molecular weight is 204 g/mol. The molecule has 2 N–H and O–H groups in total. The highest BCUT2D eigenvalue weighted by molar-refractivity contribution is 5.92. The summed E-state index contributed by atoms with van der Waals surface area (Å²) in [6.45, 7) is 2.98. The molecule has 0 aliphatic carbocycles. The SMILES string of the molecule is CCCC(=O)Nc1cccc2c1CCN2. The highest BCUT2D eigenvalue weighted by Gasteiger charge is 2.14. The molecule has 80 valence electrons. The topological polar surface area (TPSA) is 41.1 Å². The Bertz CT molecular complexity index is 374. The second-order valence-electron chi connectivity index (χ2n) is 3.81. The van der Waals surface area contributed by atoms with Crippen LogP contribution in [0.4, 0.5) is 11.4 Å². The van der Waals surface area contributed by atoms with E-state index in [1.165, 1.54) is 5.56 Å². The molecular weight excluding hydrogens is 188 g/mol. The Morgan fingerprint density at radius 3 is 3.20 bits per heavy atom. The van der Waals surface area contributed by atoms with Crippen LogP contribution in [0.3, 0.4) is 0 Å². The van der Waals surface area contributed by atoms with Crippen molar-refractivity contribution in [2.24, 2.45) is 0 Å². The number of benzene rings is 1. The van der Waals surface area contributed by atoms with Gasteiger partial charge in [0.1, 0.15) is 0 Å². The zero-order valence-electron chi connectivity index (χ0n) is 8.97. The highest BCUT2D eigenvalue weighted by atomic mass is 16.1. The maximum Gasteiger partial charge on any atom is 0.224 e. The number of carbonyl (C=O) groups excluding carboxylic acids is 1. The number of amides is 1. The van der Waals surface area contributed by atoms with Crippen LogP contribution in [0.2, 0.25) is 0 Å². The minimum absolute atomic E-state index is 0.109. The number of rotatable bonds is 3. The van der Waals surface area contributed by atoms with E-state index in [-0.39, 0.29) is 5.91 Å². The Morgan fingerprint density at radius 1 is 1.53 bits per heavy atom. The van der Waals surface area contributed by atoms with Gasteiger partial charge in [0.2, 0.25) is 5.91 Å². The lowest BCUT2D eigenvalue weighted by Crippen LogP contribution is -2.11. The highest BCUT2D eigenvalue weighted by Crippen LogP contribution is 2.29. The summed E-state index contributed by atoms with van der Waals surface area (Å²) >= 11 is 0. The molecule has 0 unspecified atom stereocenters. The van der Waals surface area contributed by atoms with Gasteiger partial charge in [-0.15, -0.1) is 0 Å². The summed E-state index contributed by atoms with van der Waals surface area (Å²) in [5, 5.41) is 6.26. The van der Waals surface area contributed by atoms with E-state index in [2.05, 4.69) is 16.7 Å². The molecule has 1 heterocycles. The number of fused-ring (bicyclic) bond motifs is 1. The van der Waals surface area contributed by atoms with Crippen LogP contribution in [-0.2, 0) is 11.2 Å². The Kier molecular flexibility index (Phi) is 2.90. The summed E-state index contributed by atoms with van der Waals surface area (Å²) in [6, 6.07) is 6.00. The van der Waals surface area contributed by atoms with Gasteiger partial charge in [-0.2, -0.15) is 0 Å². The first-order valence-electron chi connectivity index (χ1n) is 5.47. The maximum absolute atomic E-state index is 11.5. The molecule has 0 atom stereocenters. The molecule has 0 radical (unpaired) electrons. The fourth-order valence-corrected chi connectivity index (χ4v) is 1.90. The van der Waals surface area contributed by atoms with Crippen LogP contribution in [-0.4, -0.2) is 12.5 Å². The molecule has 0 saturated heterocycles. The summed E-state index contributed by atoms with van der Waals surface area (Å²) in [4.78, 5) is 11.5. The Hall–Kier alpha value is -1.51. The van der Waals surface area contributed by atoms with Crippen molar-refractivity contribution in [3.05, 3.63) is 23.8 Å². The van der Waals surface area contributed by atoms with Crippen LogP contribution in [0.5, 0.6) is 0 Å². The van der Waals surface area contributed by atoms with Crippen molar-refractivity contribution in [2.75, 3.05) is 17.2 Å². The van der Waals surface area contributed by atoms with Gasteiger partial charge in [0.25, 0.3) is 0 Å².